The molecule has 110 valence electrons. The van der Waals surface area contributed by atoms with E-state index in [-0.39, 0.29) is 6.42 Å². The summed E-state index contributed by atoms with van der Waals surface area (Å²) >= 11 is 0. The summed E-state index contributed by atoms with van der Waals surface area (Å²) in [6, 6.07) is 9.71. The van der Waals surface area contributed by atoms with E-state index >= 15 is 0 Å². The van der Waals surface area contributed by atoms with Crippen LogP contribution >= 0.6 is 0 Å². The van der Waals surface area contributed by atoms with Gasteiger partial charge in [0.15, 0.2) is 5.92 Å². The Morgan fingerprint density at radius 1 is 1.14 bits per heavy atom. The highest BCUT2D eigenvalue weighted by Crippen LogP contribution is 2.20. The highest BCUT2D eigenvalue weighted by Gasteiger charge is 2.29. The molecule has 0 aliphatic heterocycles. The van der Waals surface area contributed by atoms with Crippen LogP contribution < -0.4 is 0 Å². The Labute approximate surface area is 122 Å². The van der Waals surface area contributed by atoms with Gasteiger partial charge in [-0.1, -0.05) is 24.3 Å². The molecule has 0 aliphatic carbocycles. The normalized spacial score (nSPS) is 10.7. The van der Waals surface area contributed by atoms with Crippen molar-refractivity contribution in [2.45, 2.75) is 13.3 Å². The van der Waals surface area contributed by atoms with Gasteiger partial charge >= 0.3 is 11.9 Å². The van der Waals surface area contributed by atoms with Gasteiger partial charge < -0.3 is 9.47 Å². The maximum Gasteiger partial charge on any atom is 0.320 e. The molecule has 0 radical (unpaired) electrons. The fourth-order valence-corrected chi connectivity index (χ4v) is 2.30. The second kappa shape index (κ2) is 6.35. The number of fused-ring (bicyclic) bond motifs is 1. The number of carbonyl (C=O) groups excluding carboxylic acids is 2. The van der Waals surface area contributed by atoms with Crippen molar-refractivity contribution in [2.75, 3.05) is 14.2 Å². The molecular weight excluding hydrogens is 270 g/mol. The number of nitrogens with zero attached hydrogens (tertiary/aromatic N) is 1. The number of aryl methyl sites for hydroxylation is 1. The molecule has 0 saturated carbocycles. The lowest BCUT2D eigenvalue weighted by Crippen LogP contribution is -2.28. The summed E-state index contributed by atoms with van der Waals surface area (Å²) in [6.45, 7) is 1.90. The SMILES string of the molecule is COC(=O)C(Cc1cc2ccccc2c(C)n1)C(=O)OC. The predicted octanol–water partition coefficient (Wildman–Crippen LogP) is 2.05. The average molecular weight is 287 g/mol. The zero-order valence-corrected chi connectivity index (χ0v) is 12.3. The van der Waals surface area contributed by atoms with Crippen molar-refractivity contribution >= 4 is 22.7 Å². The molecule has 2 aromatic rings. The van der Waals surface area contributed by atoms with Gasteiger partial charge in [-0.2, -0.15) is 0 Å². The standard InChI is InChI=1S/C16H17NO4/c1-10-13-7-5-4-6-11(13)8-12(17-10)9-14(15(18)20-2)16(19)21-3/h4-8,14H,9H2,1-3H3. The van der Waals surface area contributed by atoms with Crippen molar-refractivity contribution in [3.63, 3.8) is 0 Å². The number of methoxy groups -OCH3 is 2. The molecule has 0 fully saturated rings. The van der Waals surface area contributed by atoms with Gasteiger partial charge in [-0.3, -0.25) is 14.6 Å². The lowest BCUT2D eigenvalue weighted by atomic mass is 10.0. The number of esters is 2. The van der Waals surface area contributed by atoms with Crippen LogP contribution in [-0.4, -0.2) is 31.1 Å². The highest BCUT2D eigenvalue weighted by molar-refractivity contribution is 5.95. The zero-order chi connectivity index (χ0) is 15.4. The number of hydrogen-bond donors (Lipinski definition) is 0. The molecule has 0 atom stereocenters. The molecule has 0 amide bonds. The van der Waals surface area contributed by atoms with Crippen LogP contribution in [0, 0.1) is 12.8 Å². The van der Waals surface area contributed by atoms with E-state index in [0.717, 1.165) is 16.5 Å². The summed E-state index contributed by atoms with van der Waals surface area (Å²) in [5.41, 5.74) is 1.52. The second-order valence-corrected chi connectivity index (χ2v) is 4.72. The summed E-state index contributed by atoms with van der Waals surface area (Å²) in [6.07, 6.45) is 0.158. The van der Waals surface area contributed by atoms with Crippen molar-refractivity contribution in [2.24, 2.45) is 5.92 Å². The van der Waals surface area contributed by atoms with Gasteiger partial charge in [0, 0.05) is 23.2 Å². The Morgan fingerprint density at radius 3 is 2.38 bits per heavy atom. The average Bonchev–Trinajstić information content (AvgIpc) is 2.51. The van der Waals surface area contributed by atoms with E-state index < -0.39 is 17.9 Å². The van der Waals surface area contributed by atoms with E-state index in [1.807, 2.05) is 37.3 Å². The topological polar surface area (TPSA) is 65.5 Å². The number of rotatable bonds is 4. The van der Waals surface area contributed by atoms with Crippen LogP contribution in [0.1, 0.15) is 11.4 Å². The van der Waals surface area contributed by atoms with Crippen LogP contribution in [0.25, 0.3) is 10.8 Å². The Morgan fingerprint density at radius 2 is 1.76 bits per heavy atom. The van der Waals surface area contributed by atoms with Crippen LogP contribution in [0.15, 0.2) is 30.3 Å². The summed E-state index contributed by atoms with van der Waals surface area (Å²) < 4.78 is 9.32. The van der Waals surface area contributed by atoms with Crippen LogP contribution in [0.2, 0.25) is 0 Å². The van der Waals surface area contributed by atoms with E-state index in [4.69, 9.17) is 0 Å². The summed E-state index contributed by atoms with van der Waals surface area (Å²) in [7, 11) is 2.49. The van der Waals surface area contributed by atoms with Crippen molar-refractivity contribution < 1.29 is 19.1 Å². The monoisotopic (exact) mass is 287 g/mol. The minimum absolute atomic E-state index is 0.158. The van der Waals surface area contributed by atoms with E-state index in [1.54, 1.807) is 0 Å². The van der Waals surface area contributed by atoms with Crippen LogP contribution in [-0.2, 0) is 25.5 Å². The minimum atomic E-state index is -0.993. The van der Waals surface area contributed by atoms with Crippen molar-refractivity contribution in [3.05, 3.63) is 41.7 Å². The van der Waals surface area contributed by atoms with E-state index in [9.17, 15) is 9.59 Å². The first kappa shape index (κ1) is 15.0. The number of ether oxygens (including phenoxy) is 2. The third kappa shape index (κ3) is 3.18. The summed E-state index contributed by atoms with van der Waals surface area (Å²) in [5.74, 6) is -2.23. The lowest BCUT2D eigenvalue weighted by molar-refractivity contribution is -0.158. The second-order valence-electron chi connectivity index (χ2n) is 4.72. The van der Waals surface area contributed by atoms with Crippen molar-refractivity contribution in [1.29, 1.82) is 0 Å². The molecule has 21 heavy (non-hydrogen) atoms. The van der Waals surface area contributed by atoms with Crippen LogP contribution in [0.3, 0.4) is 0 Å². The molecule has 1 aromatic carbocycles. The first-order chi connectivity index (χ1) is 10.1. The number of aromatic nitrogens is 1. The van der Waals surface area contributed by atoms with Crippen LogP contribution in [0.5, 0.6) is 0 Å². The fourth-order valence-electron chi connectivity index (χ4n) is 2.30. The molecule has 0 saturated heterocycles. The highest BCUT2D eigenvalue weighted by atomic mass is 16.5. The van der Waals surface area contributed by atoms with E-state index in [2.05, 4.69) is 14.5 Å². The Bertz CT molecular complexity index is 665. The molecule has 5 nitrogen and oxygen atoms in total. The van der Waals surface area contributed by atoms with Crippen molar-refractivity contribution in [1.82, 2.24) is 4.98 Å². The van der Waals surface area contributed by atoms with E-state index in [1.165, 1.54) is 14.2 Å². The van der Waals surface area contributed by atoms with Gasteiger partial charge in [-0.15, -0.1) is 0 Å². The van der Waals surface area contributed by atoms with Crippen molar-refractivity contribution in [3.8, 4) is 0 Å². The molecule has 5 heteroatoms. The van der Waals surface area contributed by atoms with Gasteiger partial charge in [0.1, 0.15) is 0 Å². The molecule has 0 N–H and O–H groups in total. The quantitative estimate of drug-likeness (QED) is 0.636. The van der Waals surface area contributed by atoms with Crippen LogP contribution in [0.4, 0.5) is 0 Å². The third-order valence-corrected chi connectivity index (χ3v) is 3.37. The van der Waals surface area contributed by atoms with Gasteiger partial charge in [-0.05, 0) is 18.4 Å². The molecule has 1 aromatic heterocycles. The Kier molecular flexibility index (Phi) is 4.52. The van der Waals surface area contributed by atoms with Gasteiger partial charge in [0.05, 0.1) is 14.2 Å². The number of hydrogen-bond acceptors (Lipinski definition) is 5. The smallest absolute Gasteiger partial charge is 0.320 e. The summed E-state index contributed by atoms with van der Waals surface area (Å²) in [5, 5.41) is 2.07. The van der Waals surface area contributed by atoms with E-state index in [0.29, 0.717) is 5.69 Å². The maximum absolute atomic E-state index is 11.7. The number of benzene rings is 1. The summed E-state index contributed by atoms with van der Waals surface area (Å²) in [4.78, 5) is 27.9. The Balaban J connectivity index is 2.37. The minimum Gasteiger partial charge on any atom is -0.468 e. The molecule has 0 unspecified atom stereocenters. The fraction of sp³-hybridized carbons (Fsp3) is 0.312. The first-order valence-corrected chi connectivity index (χ1v) is 6.57. The van der Waals surface area contributed by atoms with Gasteiger partial charge in [-0.25, -0.2) is 0 Å². The maximum atomic E-state index is 11.7. The number of carbonyl (C=O) groups is 2. The molecule has 0 aliphatic rings. The Hall–Kier alpha value is -2.43. The largest absolute Gasteiger partial charge is 0.468 e. The van der Waals surface area contributed by atoms with Gasteiger partial charge in [0.2, 0.25) is 0 Å². The lowest BCUT2D eigenvalue weighted by Gasteiger charge is -2.13. The zero-order valence-electron chi connectivity index (χ0n) is 12.3. The molecule has 1 heterocycles. The molecule has 2 rings (SSSR count). The number of pyridine rings is 1. The molecule has 0 bridgehead atoms. The third-order valence-electron chi connectivity index (χ3n) is 3.37. The predicted molar refractivity (Wildman–Crippen MR) is 77.7 cm³/mol. The molecule has 0 spiro atoms. The molecular formula is C16H17NO4. The first-order valence-electron chi connectivity index (χ1n) is 6.57. The van der Waals surface area contributed by atoms with Gasteiger partial charge in [0.25, 0.3) is 0 Å².